The van der Waals surface area contributed by atoms with Crippen LogP contribution in [0.15, 0.2) is 0 Å². The Morgan fingerprint density at radius 2 is 1.06 bits per heavy atom. The number of carbonyl (C=O) groups is 1. The highest BCUT2D eigenvalue weighted by atomic mass is 31.0. The lowest BCUT2D eigenvalue weighted by atomic mass is 9.98. The van der Waals surface area contributed by atoms with Crippen molar-refractivity contribution in [3.05, 3.63) is 0 Å². The molecule has 0 aliphatic rings. The molecule has 0 saturated carbocycles. The molecule has 7 heteroatoms. The minimum Gasteiger partial charge on any atom is -0.464 e. The van der Waals surface area contributed by atoms with Gasteiger partial charge in [-0.15, -0.1) is 0 Å². The number of carbonyl (C=O) groups excluding carboxylic acids is 1. The first-order valence-electron chi connectivity index (χ1n) is 14.5. The Hall–Kier alpha value is -0.260. The molecule has 0 aromatic heterocycles. The maximum Gasteiger partial charge on any atom is 0.335 e. The number of aliphatic hydroxyl groups is 3. The normalized spacial score (nSPS) is 15.0. The number of aliphatic hydroxyl groups excluding tert-OH is 3. The highest BCUT2D eigenvalue weighted by molar-refractivity contribution is 7.09. The topological polar surface area (TPSA) is 96.2 Å². The van der Waals surface area contributed by atoms with Crippen LogP contribution in [0.25, 0.3) is 0 Å². The van der Waals surface area contributed by atoms with Crippen LogP contribution in [0.3, 0.4) is 0 Å². The summed E-state index contributed by atoms with van der Waals surface area (Å²) in [6.45, 7) is 4.32. The van der Waals surface area contributed by atoms with E-state index >= 15 is 0 Å². The third kappa shape index (κ3) is 21.5. The van der Waals surface area contributed by atoms with E-state index in [0.29, 0.717) is 19.4 Å². The van der Waals surface area contributed by atoms with Crippen molar-refractivity contribution >= 4 is 15.4 Å². The van der Waals surface area contributed by atoms with E-state index in [9.17, 15) is 20.1 Å². The van der Waals surface area contributed by atoms with Gasteiger partial charge < -0.3 is 24.6 Å². The van der Waals surface area contributed by atoms with Crippen LogP contribution in [0, 0.1) is 0 Å². The van der Waals surface area contributed by atoms with Crippen LogP contribution in [-0.2, 0) is 14.1 Å². The van der Waals surface area contributed by atoms with Crippen LogP contribution < -0.4 is 0 Å². The lowest BCUT2D eigenvalue weighted by molar-refractivity contribution is -0.151. The van der Waals surface area contributed by atoms with E-state index in [0.717, 1.165) is 64.2 Å². The maximum absolute atomic E-state index is 11.7. The first-order valence-corrected chi connectivity index (χ1v) is 15.0. The number of esters is 1. The van der Waals surface area contributed by atoms with Crippen LogP contribution >= 0.6 is 9.47 Å². The zero-order chi connectivity index (χ0) is 26.2. The van der Waals surface area contributed by atoms with Gasteiger partial charge in [0.15, 0.2) is 6.10 Å². The lowest BCUT2D eigenvalue weighted by Crippen LogP contribution is -2.26. The molecule has 6 nitrogen and oxygen atoms in total. The fourth-order valence-electron chi connectivity index (χ4n) is 4.46. The highest BCUT2D eigenvalue weighted by Gasteiger charge is 2.18. The Morgan fingerprint density at radius 1 is 0.629 bits per heavy atom. The summed E-state index contributed by atoms with van der Waals surface area (Å²) >= 11 is 0. The maximum atomic E-state index is 11.7. The van der Waals surface area contributed by atoms with Crippen LogP contribution in [0.5, 0.6) is 0 Å². The summed E-state index contributed by atoms with van der Waals surface area (Å²) in [6.07, 6.45) is 18.7. The molecular formula is C28H57O6P. The smallest absolute Gasteiger partial charge is 0.335 e. The molecule has 35 heavy (non-hydrogen) atoms. The molecule has 0 amide bonds. The minimum atomic E-state index is -0.661. The van der Waals surface area contributed by atoms with Gasteiger partial charge in [-0.05, 0) is 45.4 Å². The van der Waals surface area contributed by atoms with Crippen molar-refractivity contribution in [3.8, 4) is 0 Å². The molecule has 0 aromatic rings. The molecule has 0 aliphatic carbocycles. The largest absolute Gasteiger partial charge is 0.464 e. The van der Waals surface area contributed by atoms with Crippen molar-refractivity contribution in [1.29, 1.82) is 0 Å². The second-order valence-electron chi connectivity index (χ2n) is 10.1. The number of rotatable bonds is 26. The van der Waals surface area contributed by atoms with Gasteiger partial charge in [0.2, 0.25) is 0 Å². The zero-order valence-electron chi connectivity index (χ0n) is 22.8. The Kier molecular flexibility index (Phi) is 25.2. The van der Waals surface area contributed by atoms with E-state index < -0.39 is 18.3 Å². The predicted octanol–water partition coefficient (Wildman–Crippen LogP) is 6.63. The van der Waals surface area contributed by atoms with Crippen molar-refractivity contribution in [3.63, 3.8) is 0 Å². The van der Waals surface area contributed by atoms with Gasteiger partial charge in [-0.2, -0.15) is 0 Å². The Bertz CT molecular complexity index is 465. The van der Waals surface area contributed by atoms with Gasteiger partial charge in [-0.1, -0.05) is 96.8 Å². The predicted molar refractivity (Wildman–Crippen MR) is 147 cm³/mol. The summed E-state index contributed by atoms with van der Waals surface area (Å²) in [5, 5.41) is 30.1. The molecule has 0 fully saturated rings. The van der Waals surface area contributed by atoms with Gasteiger partial charge >= 0.3 is 5.97 Å². The van der Waals surface area contributed by atoms with Crippen molar-refractivity contribution in [2.24, 2.45) is 0 Å². The molecule has 3 N–H and O–H groups in total. The van der Waals surface area contributed by atoms with Crippen molar-refractivity contribution < 1.29 is 29.4 Å². The quantitative estimate of drug-likeness (QED) is 0.0673. The Labute approximate surface area is 218 Å². The van der Waals surface area contributed by atoms with Crippen LogP contribution in [0.4, 0.5) is 0 Å². The first kappa shape index (κ1) is 34.7. The summed E-state index contributed by atoms with van der Waals surface area (Å²) in [5.41, 5.74) is 0. The standard InChI is InChI=1S/C28H57O6P/c1-3-5-19-24(29)20-18-22-26(31)25(30)21-16-14-12-10-8-6-7-9-11-13-15-17-23-27(34-35)28(32)33-4-2/h24-27,29-31H,3-23,35H2,1-2H3. The van der Waals surface area contributed by atoms with Crippen molar-refractivity contribution in [2.75, 3.05) is 6.61 Å². The number of unbranched alkanes of at least 4 members (excludes halogenated alkanes) is 12. The summed E-state index contributed by atoms with van der Waals surface area (Å²) in [7, 11) is 2.17. The summed E-state index contributed by atoms with van der Waals surface area (Å²) < 4.78 is 10.1. The van der Waals surface area contributed by atoms with E-state index in [4.69, 9.17) is 9.26 Å². The Balaban J connectivity index is 3.45. The molecule has 0 spiro atoms. The molecular weight excluding hydrogens is 463 g/mol. The van der Waals surface area contributed by atoms with E-state index in [1.807, 2.05) is 6.92 Å². The summed E-state index contributed by atoms with van der Waals surface area (Å²) in [4.78, 5) is 11.7. The van der Waals surface area contributed by atoms with Crippen LogP contribution in [0.2, 0.25) is 0 Å². The third-order valence-electron chi connectivity index (χ3n) is 6.80. The fourth-order valence-corrected chi connectivity index (χ4v) is 4.71. The fraction of sp³-hybridized carbons (Fsp3) is 0.964. The number of hydrogen-bond donors (Lipinski definition) is 3. The Morgan fingerprint density at radius 3 is 1.51 bits per heavy atom. The van der Waals surface area contributed by atoms with E-state index in [2.05, 4.69) is 16.4 Å². The van der Waals surface area contributed by atoms with Crippen LogP contribution in [-0.4, -0.2) is 52.3 Å². The molecule has 0 aliphatic heterocycles. The van der Waals surface area contributed by atoms with Crippen molar-refractivity contribution in [2.45, 2.75) is 167 Å². The number of hydrogen-bond acceptors (Lipinski definition) is 6. The first-order chi connectivity index (χ1) is 17.0. The van der Waals surface area contributed by atoms with Crippen LogP contribution in [0.1, 0.15) is 142 Å². The molecule has 0 rings (SSSR count). The molecule has 0 aromatic carbocycles. The molecule has 0 radical (unpaired) electrons. The molecule has 5 unspecified atom stereocenters. The average molecular weight is 521 g/mol. The molecule has 5 atom stereocenters. The highest BCUT2D eigenvalue weighted by Crippen LogP contribution is 2.17. The van der Waals surface area contributed by atoms with Gasteiger partial charge in [0.05, 0.1) is 24.9 Å². The van der Waals surface area contributed by atoms with Crippen molar-refractivity contribution in [1.82, 2.24) is 0 Å². The monoisotopic (exact) mass is 520 g/mol. The molecule has 0 bridgehead atoms. The lowest BCUT2D eigenvalue weighted by Gasteiger charge is -2.18. The zero-order valence-corrected chi connectivity index (χ0v) is 24.0. The second-order valence-corrected chi connectivity index (χ2v) is 10.3. The average Bonchev–Trinajstić information content (AvgIpc) is 2.85. The van der Waals surface area contributed by atoms with Gasteiger partial charge in [-0.25, -0.2) is 4.79 Å². The van der Waals surface area contributed by atoms with Gasteiger partial charge in [-0.3, -0.25) is 0 Å². The molecule has 0 saturated heterocycles. The molecule has 0 heterocycles. The van der Waals surface area contributed by atoms with Gasteiger partial charge in [0.1, 0.15) is 0 Å². The summed E-state index contributed by atoms with van der Waals surface area (Å²) in [6, 6.07) is 0. The van der Waals surface area contributed by atoms with E-state index in [1.165, 1.54) is 51.4 Å². The minimum absolute atomic E-state index is 0.263. The van der Waals surface area contributed by atoms with E-state index in [-0.39, 0.29) is 12.1 Å². The van der Waals surface area contributed by atoms with E-state index in [1.54, 1.807) is 0 Å². The van der Waals surface area contributed by atoms with Gasteiger partial charge in [0.25, 0.3) is 0 Å². The molecule has 210 valence electrons. The number of ether oxygens (including phenoxy) is 1. The SMILES string of the molecule is CCCCC(O)CCCC(O)C(O)CCCCCCCCCCCCCCC(OP)C(=O)OCC. The summed E-state index contributed by atoms with van der Waals surface area (Å²) in [5.74, 6) is -0.263. The third-order valence-corrected chi connectivity index (χ3v) is 7.13. The van der Waals surface area contributed by atoms with Gasteiger partial charge in [0, 0.05) is 9.47 Å². The second kappa shape index (κ2) is 25.4.